The van der Waals surface area contributed by atoms with Gasteiger partial charge in [-0.3, -0.25) is 4.79 Å². The summed E-state index contributed by atoms with van der Waals surface area (Å²) in [5, 5.41) is 10.0. The van der Waals surface area contributed by atoms with Gasteiger partial charge < -0.3 is 9.84 Å². The molecule has 1 fully saturated rings. The van der Waals surface area contributed by atoms with Gasteiger partial charge in [0.05, 0.1) is 24.7 Å². The van der Waals surface area contributed by atoms with Crippen molar-refractivity contribution >= 4 is 17.4 Å². The predicted molar refractivity (Wildman–Crippen MR) is 70.4 cm³/mol. The molecule has 0 spiro atoms. The first-order chi connectivity index (χ1) is 8.54. The average Bonchev–Trinajstić information content (AvgIpc) is 2.31. The summed E-state index contributed by atoms with van der Waals surface area (Å²) in [6.45, 7) is 1.75. The van der Waals surface area contributed by atoms with Crippen molar-refractivity contribution in [3.63, 3.8) is 0 Å². The number of rotatable bonds is 4. The standard InChI is InChI=1S/C14H17ClO3/c1-9-6-12(18-2)10(7-11(9)15)13(17)14(8-16)4-3-5-14/h6-7,16H,3-5,8H2,1-2H3. The van der Waals surface area contributed by atoms with Crippen molar-refractivity contribution < 1.29 is 14.6 Å². The maximum atomic E-state index is 12.5. The highest BCUT2D eigenvalue weighted by molar-refractivity contribution is 6.31. The Morgan fingerprint density at radius 1 is 1.50 bits per heavy atom. The van der Waals surface area contributed by atoms with Crippen molar-refractivity contribution in [3.05, 3.63) is 28.3 Å². The number of ether oxygens (including phenoxy) is 1. The number of halogens is 1. The van der Waals surface area contributed by atoms with Gasteiger partial charge in [0.2, 0.25) is 0 Å². The number of carbonyl (C=O) groups is 1. The van der Waals surface area contributed by atoms with E-state index in [1.54, 1.807) is 12.1 Å². The molecule has 0 aliphatic heterocycles. The first-order valence-corrected chi connectivity index (χ1v) is 6.42. The van der Waals surface area contributed by atoms with Gasteiger partial charge in [-0.25, -0.2) is 0 Å². The minimum Gasteiger partial charge on any atom is -0.496 e. The van der Waals surface area contributed by atoms with Crippen LogP contribution < -0.4 is 4.74 Å². The van der Waals surface area contributed by atoms with Gasteiger partial charge in [0, 0.05) is 5.02 Å². The quantitative estimate of drug-likeness (QED) is 0.854. The Morgan fingerprint density at radius 3 is 2.61 bits per heavy atom. The molecule has 1 saturated carbocycles. The molecule has 1 aliphatic carbocycles. The summed E-state index contributed by atoms with van der Waals surface area (Å²) in [5.74, 6) is 0.469. The fourth-order valence-corrected chi connectivity index (χ4v) is 2.51. The number of benzene rings is 1. The largest absolute Gasteiger partial charge is 0.496 e. The van der Waals surface area contributed by atoms with Crippen LogP contribution >= 0.6 is 11.6 Å². The molecule has 2 rings (SSSR count). The maximum Gasteiger partial charge on any atom is 0.175 e. The Labute approximate surface area is 112 Å². The van der Waals surface area contributed by atoms with Gasteiger partial charge in [0.15, 0.2) is 5.78 Å². The molecule has 18 heavy (non-hydrogen) atoms. The molecule has 1 aromatic rings. The first-order valence-electron chi connectivity index (χ1n) is 6.04. The molecule has 0 heterocycles. The number of hydrogen-bond donors (Lipinski definition) is 1. The van der Waals surface area contributed by atoms with Crippen molar-refractivity contribution in [2.24, 2.45) is 5.41 Å². The molecule has 98 valence electrons. The lowest BCUT2D eigenvalue weighted by Gasteiger charge is -2.38. The van der Waals surface area contributed by atoms with Crippen LogP contribution in [-0.2, 0) is 0 Å². The van der Waals surface area contributed by atoms with Gasteiger partial charge in [-0.2, -0.15) is 0 Å². The fourth-order valence-electron chi connectivity index (χ4n) is 2.35. The third-order valence-corrected chi connectivity index (χ3v) is 4.23. The molecule has 1 aromatic carbocycles. The van der Waals surface area contributed by atoms with Crippen molar-refractivity contribution in [1.29, 1.82) is 0 Å². The van der Waals surface area contributed by atoms with E-state index >= 15 is 0 Å². The van der Waals surface area contributed by atoms with Gasteiger partial charge in [0.1, 0.15) is 5.75 Å². The summed E-state index contributed by atoms with van der Waals surface area (Å²) >= 11 is 6.07. The lowest BCUT2D eigenvalue weighted by molar-refractivity contribution is 0.0345. The summed E-state index contributed by atoms with van der Waals surface area (Å²) in [6.07, 6.45) is 2.45. The van der Waals surface area contributed by atoms with Gasteiger partial charge in [-0.15, -0.1) is 0 Å². The molecule has 0 amide bonds. The molecular weight excluding hydrogens is 252 g/mol. The highest BCUT2D eigenvalue weighted by Crippen LogP contribution is 2.45. The van der Waals surface area contributed by atoms with E-state index in [0.717, 1.165) is 24.8 Å². The Balaban J connectivity index is 2.44. The third-order valence-electron chi connectivity index (χ3n) is 3.82. The van der Waals surface area contributed by atoms with Gasteiger partial charge in [-0.1, -0.05) is 18.0 Å². The van der Waals surface area contributed by atoms with Crippen LogP contribution in [0.5, 0.6) is 5.75 Å². The second-order valence-corrected chi connectivity index (χ2v) is 5.33. The van der Waals surface area contributed by atoms with Crippen molar-refractivity contribution in [2.75, 3.05) is 13.7 Å². The number of aliphatic hydroxyl groups is 1. The topological polar surface area (TPSA) is 46.5 Å². The normalized spacial score (nSPS) is 17.1. The highest BCUT2D eigenvalue weighted by Gasteiger charge is 2.44. The van der Waals surface area contributed by atoms with Gasteiger partial charge >= 0.3 is 0 Å². The van der Waals surface area contributed by atoms with E-state index in [2.05, 4.69) is 0 Å². The number of carbonyl (C=O) groups excluding carboxylic acids is 1. The Hall–Kier alpha value is -1.06. The number of ketones is 1. The number of methoxy groups -OCH3 is 1. The van der Waals surface area contributed by atoms with Crippen molar-refractivity contribution in [1.82, 2.24) is 0 Å². The predicted octanol–water partition coefficient (Wildman–Crippen LogP) is 3.00. The number of aryl methyl sites for hydroxylation is 1. The molecule has 1 aliphatic rings. The molecular formula is C14H17ClO3. The molecule has 0 atom stereocenters. The monoisotopic (exact) mass is 268 g/mol. The molecule has 0 unspecified atom stereocenters. The second-order valence-electron chi connectivity index (χ2n) is 4.92. The van der Waals surface area contributed by atoms with Crippen LogP contribution in [0.15, 0.2) is 12.1 Å². The lowest BCUT2D eigenvalue weighted by Crippen LogP contribution is -2.41. The van der Waals surface area contributed by atoms with E-state index in [0.29, 0.717) is 16.3 Å². The average molecular weight is 269 g/mol. The Morgan fingerprint density at radius 2 is 2.17 bits per heavy atom. The molecule has 1 N–H and O–H groups in total. The van der Waals surface area contributed by atoms with Crippen LogP contribution in [0.25, 0.3) is 0 Å². The van der Waals surface area contributed by atoms with Crippen molar-refractivity contribution in [3.8, 4) is 5.75 Å². The fraction of sp³-hybridized carbons (Fsp3) is 0.500. The van der Waals surface area contributed by atoms with E-state index < -0.39 is 5.41 Å². The second kappa shape index (κ2) is 4.90. The van der Waals surface area contributed by atoms with Gasteiger partial charge in [0.25, 0.3) is 0 Å². The Kier molecular flexibility index (Phi) is 3.64. The van der Waals surface area contributed by atoms with Crippen LogP contribution in [0, 0.1) is 12.3 Å². The molecule has 0 radical (unpaired) electrons. The van der Waals surface area contributed by atoms with Crippen LogP contribution in [-0.4, -0.2) is 24.6 Å². The molecule has 0 aromatic heterocycles. The summed E-state index contributed by atoms with van der Waals surface area (Å²) in [5.41, 5.74) is 0.727. The summed E-state index contributed by atoms with van der Waals surface area (Å²) in [7, 11) is 1.53. The van der Waals surface area contributed by atoms with Crippen LogP contribution in [0.4, 0.5) is 0 Å². The highest BCUT2D eigenvalue weighted by atomic mass is 35.5. The lowest BCUT2D eigenvalue weighted by atomic mass is 9.65. The van der Waals surface area contributed by atoms with Crippen LogP contribution in [0.2, 0.25) is 5.02 Å². The SMILES string of the molecule is COc1cc(C)c(Cl)cc1C(=O)C1(CO)CCC1. The summed E-state index contributed by atoms with van der Waals surface area (Å²) < 4.78 is 5.25. The van der Waals surface area contributed by atoms with E-state index in [9.17, 15) is 9.90 Å². The zero-order valence-electron chi connectivity index (χ0n) is 10.6. The van der Waals surface area contributed by atoms with E-state index in [-0.39, 0.29) is 12.4 Å². The zero-order valence-corrected chi connectivity index (χ0v) is 11.4. The van der Waals surface area contributed by atoms with E-state index in [1.807, 2.05) is 6.92 Å². The maximum absolute atomic E-state index is 12.5. The number of Topliss-reactive ketones (excluding diaryl/α,β-unsaturated/α-hetero) is 1. The number of hydrogen-bond acceptors (Lipinski definition) is 3. The minimum absolute atomic E-state index is 0.0602. The number of aliphatic hydroxyl groups excluding tert-OH is 1. The first kappa shape index (κ1) is 13.4. The summed E-state index contributed by atoms with van der Waals surface area (Å²) in [4.78, 5) is 12.5. The third kappa shape index (κ3) is 2.02. The summed E-state index contributed by atoms with van der Waals surface area (Å²) in [6, 6.07) is 3.41. The van der Waals surface area contributed by atoms with E-state index in [4.69, 9.17) is 16.3 Å². The molecule has 0 bridgehead atoms. The smallest absolute Gasteiger partial charge is 0.175 e. The van der Waals surface area contributed by atoms with Crippen LogP contribution in [0.1, 0.15) is 35.2 Å². The van der Waals surface area contributed by atoms with Crippen molar-refractivity contribution in [2.45, 2.75) is 26.2 Å². The molecule has 3 nitrogen and oxygen atoms in total. The molecule has 4 heteroatoms. The molecule has 0 saturated heterocycles. The zero-order chi connectivity index (χ0) is 13.3. The van der Waals surface area contributed by atoms with E-state index in [1.165, 1.54) is 7.11 Å². The van der Waals surface area contributed by atoms with Crippen LogP contribution in [0.3, 0.4) is 0 Å². The Bertz CT molecular complexity index is 473. The van der Waals surface area contributed by atoms with Gasteiger partial charge in [-0.05, 0) is 37.5 Å². The minimum atomic E-state index is -0.619.